The van der Waals surface area contributed by atoms with Crippen LogP contribution in [0.15, 0.2) is 36.7 Å². The molecule has 0 amide bonds. The van der Waals surface area contributed by atoms with Gasteiger partial charge in [-0.25, -0.2) is 0 Å². The molecule has 2 rings (SSSR count). The molecule has 0 aliphatic rings. The van der Waals surface area contributed by atoms with Gasteiger partial charge in [-0.05, 0) is 24.6 Å². The number of rotatable bonds is 5. The Morgan fingerprint density at radius 2 is 2.06 bits per heavy atom. The monoisotopic (exact) mass is 246 g/mol. The third kappa shape index (κ3) is 2.88. The van der Waals surface area contributed by atoms with Crippen molar-refractivity contribution in [2.45, 2.75) is 13.5 Å². The van der Waals surface area contributed by atoms with Crippen LogP contribution in [-0.4, -0.2) is 27.5 Å². The first-order chi connectivity index (χ1) is 8.69. The largest absolute Gasteiger partial charge is 0.494 e. The van der Waals surface area contributed by atoms with E-state index in [1.807, 2.05) is 31.2 Å². The van der Waals surface area contributed by atoms with E-state index in [0.717, 1.165) is 16.9 Å². The smallest absolute Gasteiger partial charge is 0.325 e. The zero-order valence-corrected chi connectivity index (χ0v) is 10.0. The highest BCUT2D eigenvalue weighted by atomic mass is 16.5. The van der Waals surface area contributed by atoms with Gasteiger partial charge in [-0.2, -0.15) is 5.10 Å². The first kappa shape index (κ1) is 12.2. The molecular formula is C13H14N2O3. The van der Waals surface area contributed by atoms with Crippen molar-refractivity contribution < 1.29 is 14.6 Å². The zero-order valence-electron chi connectivity index (χ0n) is 10.0. The molecule has 0 saturated heterocycles. The van der Waals surface area contributed by atoms with Gasteiger partial charge in [-0.3, -0.25) is 9.48 Å². The third-order valence-electron chi connectivity index (χ3n) is 2.43. The first-order valence-corrected chi connectivity index (χ1v) is 5.66. The average Bonchev–Trinajstić information content (AvgIpc) is 2.78. The molecule has 2 aromatic rings. The van der Waals surface area contributed by atoms with E-state index in [1.165, 1.54) is 4.68 Å². The summed E-state index contributed by atoms with van der Waals surface area (Å²) in [6.45, 7) is 2.44. The van der Waals surface area contributed by atoms with Crippen LogP contribution in [0.25, 0.3) is 11.1 Å². The molecular weight excluding hydrogens is 232 g/mol. The number of aromatic nitrogens is 2. The number of hydrogen-bond acceptors (Lipinski definition) is 3. The van der Waals surface area contributed by atoms with Crippen LogP contribution < -0.4 is 4.74 Å². The molecule has 1 N–H and O–H groups in total. The van der Waals surface area contributed by atoms with E-state index in [-0.39, 0.29) is 6.54 Å². The molecule has 0 atom stereocenters. The van der Waals surface area contributed by atoms with Gasteiger partial charge in [0.05, 0.1) is 12.8 Å². The number of nitrogens with zero attached hydrogens (tertiary/aromatic N) is 2. The minimum atomic E-state index is -0.906. The second-order valence-electron chi connectivity index (χ2n) is 3.78. The minimum Gasteiger partial charge on any atom is -0.494 e. The second-order valence-corrected chi connectivity index (χ2v) is 3.78. The molecule has 0 aliphatic carbocycles. The maximum atomic E-state index is 10.6. The Morgan fingerprint density at radius 3 is 2.67 bits per heavy atom. The summed E-state index contributed by atoms with van der Waals surface area (Å²) in [5.74, 6) is -0.0875. The average molecular weight is 246 g/mol. The maximum Gasteiger partial charge on any atom is 0.325 e. The summed E-state index contributed by atoms with van der Waals surface area (Å²) < 4.78 is 6.75. The SMILES string of the molecule is CCOc1ccc(-c2cnn(CC(=O)O)c2)cc1. The minimum absolute atomic E-state index is 0.128. The number of carboxylic acids is 1. The van der Waals surface area contributed by atoms with Gasteiger partial charge < -0.3 is 9.84 Å². The molecule has 0 fully saturated rings. The highest BCUT2D eigenvalue weighted by molar-refractivity contribution is 5.67. The normalized spacial score (nSPS) is 10.3. The summed E-state index contributed by atoms with van der Waals surface area (Å²) in [6.07, 6.45) is 3.36. The number of ether oxygens (including phenoxy) is 1. The molecule has 0 spiro atoms. The van der Waals surface area contributed by atoms with Crippen LogP contribution in [0.2, 0.25) is 0 Å². The van der Waals surface area contributed by atoms with Crippen LogP contribution in [-0.2, 0) is 11.3 Å². The van der Waals surface area contributed by atoms with Gasteiger partial charge in [0, 0.05) is 11.8 Å². The maximum absolute atomic E-state index is 10.6. The van der Waals surface area contributed by atoms with Crippen LogP contribution in [0.4, 0.5) is 0 Å². The zero-order chi connectivity index (χ0) is 13.0. The Balaban J connectivity index is 2.15. The Labute approximate surface area is 105 Å². The van der Waals surface area contributed by atoms with Crippen molar-refractivity contribution in [1.29, 1.82) is 0 Å². The van der Waals surface area contributed by atoms with Gasteiger partial charge in [0.2, 0.25) is 0 Å². The van der Waals surface area contributed by atoms with Gasteiger partial charge >= 0.3 is 5.97 Å². The Bertz CT molecular complexity index is 531. The summed E-state index contributed by atoms with van der Waals surface area (Å²) in [7, 11) is 0. The second kappa shape index (κ2) is 5.35. The summed E-state index contributed by atoms with van der Waals surface area (Å²) in [5.41, 5.74) is 1.87. The molecule has 1 aromatic heterocycles. The number of hydrogen-bond donors (Lipinski definition) is 1. The molecule has 0 saturated carbocycles. The Hall–Kier alpha value is -2.30. The van der Waals surface area contributed by atoms with Gasteiger partial charge in [0.25, 0.3) is 0 Å². The number of aliphatic carboxylic acids is 1. The summed E-state index contributed by atoms with van der Waals surface area (Å²) in [5, 5.41) is 12.7. The topological polar surface area (TPSA) is 64.4 Å². The van der Waals surface area contributed by atoms with Gasteiger partial charge in [-0.15, -0.1) is 0 Å². The molecule has 1 heterocycles. The standard InChI is InChI=1S/C13H14N2O3/c1-2-18-12-5-3-10(4-6-12)11-7-14-15(8-11)9-13(16)17/h3-8H,2,9H2,1H3,(H,16,17). The van der Waals surface area contributed by atoms with Crippen molar-refractivity contribution in [1.82, 2.24) is 9.78 Å². The molecule has 5 nitrogen and oxygen atoms in total. The molecule has 5 heteroatoms. The van der Waals surface area contributed by atoms with Crippen molar-refractivity contribution in [3.8, 4) is 16.9 Å². The fraction of sp³-hybridized carbons (Fsp3) is 0.231. The number of benzene rings is 1. The molecule has 18 heavy (non-hydrogen) atoms. The lowest BCUT2D eigenvalue weighted by Crippen LogP contribution is -2.08. The number of carboxylic acid groups (broad SMARTS) is 1. The van der Waals surface area contributed by atoms with E-state index in [9.17, 15) is 4.79 Å². The molecule has 0 unspecified atom stereocenters. The van der Waals surface area contributed by atoms with Gasteiger partial charge in [0.15, 0.2) is 0 Å². The predicted octanol–water partition coefficient (Wildman–Crippen LogP) is 2.03. The Morgan fingerprint density at radius 1 is 1.33 bits per heavy atom. The van der Waals surface area contributed by atoms with Crippen molar-refractivity contribution in [3.63, 3.8) is 0 Å². The van der Waals surface area contributed by atoms with Crippen molar-refractivity contribution in [2.24, 2.45) is 0 Å². The fourth-order valence-electron chi connectivity index (χ4n) is 1.65. The van der Waals surface area contributed by atoms with Crippen molar-refractivity contribution >= 4 is 5.97 Å². The quantitative estimate of drug-likeness (QED) is 0.876. The fourth-order valence-corrected chi connectivity index (χ4v) is 1.65. The van der Waals surface area contributed by atoms with E-state index in [4.69, 9.17) is 9.84 Å². The van der Waals surface area contributed by atoms with E-state index < -0.39 is 5.97 Å². The van der Waals surface area contributed by atoms with E-state index in [0.29, 0.717) is 6.61 Å². The van der Waals surface area contributed by atoms with Crippen LogP contribution in [0, 0.1) is 0 Å². The first-order valence-electron chi connectivity index (χ1n) is 5.66. The highest BCUT2D eigenvalue weighted by Gasteiger charge is 2.04. The molecule has 94 valence electrons. The predicted molar refractivity (Wildman–Crippen MR) is 66.5 cm³/mol. The van der Waals surface area contributed by atoms with E-state index >= 15 is 0 Å². The summed E-state index contributed by atoms with van der Waals surface area (Å²) >= 11 is 0. The molecule has 1 aromatic carbocycles. The summed E-state index contributed by atoms with van der Waals surface area (Å²) in [6, 6.07) is 7.61. The van der Waals surface area contributed by atoms with E-state index in [1.54, 1.807) is 12.4 Å². The Kier molecular flexibility index (Phi) is 3.62. The molecule has 0 aliphatic heterocycles. The van der Waals surface area contributed by atoms with Gasteiger partial charge in [-0.1, -0.05) is 12.1 Å². The lowest BCUT2D eigenvalue weighted by molar-refractivity contribution is -0.137. The van der Waals surface area contributed by atoms with E-state index in [2.05, 4.69) is 5.10 Å². The number of carbonyl (C=O) groups is 1. The molecule has 0 radical (unpaired) electrons. The highest BCUT2D eigenvalue weighted by Crippen LogP contribution is 2.21. The van der Waals surface area contributed by atoms with Crippen LogP contribution in [0.3, 0.4) is 0 Å². The van der Waals surface area contributed by atoms with Gasteiger partial charge in [0.1, 0.15) is 12.3 Å². The van der Waals surface area contributed by atoms with Crippen LogP contribution in [0.5, 0.6) is 5.75 Å². The third-order valence-corrected chi connectivity index (χ3v) is 2.43. The van der Waals surface area contributed by atoms with Crippen LogP contribution in [0.1, 0.15) is 6.92 Å². The summed E-state index contributed by atoms with van der Waals surface area (Å²) in [4.78, 5) is 10.6. The lowest BCUT2D eigenvalue weighted by Gasteiger charge is -2.03. The molecule has 0 bridgehead atoms. The van der Waals surface area contributed by atoms with Crippen molar-refractivity contribution in [2.75, 3.05) is 6.61 Å². The van der Waals surface area contributed by atoms with Crippen molar-refractivity contribution in [3.05, 3.63) is 36.7 Å². The van der Waals surface area contributed by atoms with Crippen LogP contribution >= 0.6 is 0 Å². The lowest BCUT2D eigenvalue weighted by atomic mass is 10.1.